The van der Waals surface area contributed by atoms with Gasteiger partial charge in [-0.25, -0.2) is 0 Å². The zero-order valence-corrected chi connectivity index (χ0v) is 10.7. The highest BCUT2D eigenvalue weighted by Gasteiger charge is 2.05. The number of nitrogens with zero attached hydrogens (tertiary/aromatic N) is 1. The predicted molar refractivity (Wildman–Crippen MR) is 66.2 cm³/mol. The summed E-state index contributed by atoms with van der Waals surface area (Å²) in [5.41, 5.74) is 6.46. The van der Waals surface area contributed by atoms with Crippen LogP contribution in [0.1, 0.15) is 5.56 Å². The second-order valence-corrected chi connectivity index (χ2v) is 4.05. The topological polar surface area (TPSA) is 88.1 Å². The van der Waals surface area contributed by atoms with Gasteiger partial charge in [0, 0.05) is 6.54 Å². The molecule has 0 unspecified atom stereocenters. The number of carbonyl (C=O) groups is 1. The Morgan fingerprint density at radius 1 is 1.59 bits per heavy atom. The van der Waals surface area contributed by atoms with E-state index in [1.165, 1.54) is 0 Å². The third-order valence-corrected chi connectivity index (χ3v) is 2.58. The third kappa shape index (κ3) is 4.43. The molecule has 0 saturated carbocycles. The second-order valence-electron chi connectivity index (χ2n) is 3.19. The van der Waals surface area contributed by atoms with Crippen LogP contribution in [0.25, 0.3) is 0 Å². The van der Waals surface area contributed by atoms with Gasteiger partial charge in [0.05, 0.1) is 10.5 Å². The number of carbonyl (C=O) groups excluding carboxylic acids is 1. The molecule has 0 atom stereocenters. The van der Waals surface area contributed by atoms with Crippen molar-refractivity contribution >= 4 is 21.8 Å². The van der Waals surface area contributed by atoms with Crippen molar-refractivity contribution in [3.63, 3.8) is 0 Å². The molecule has 1 rings (SSSR count). The lowest BCUT2D eigenvalue weighted by molar-refractivity contribution is -0.122. The molecule has 0 heterocycles. The second kappa shape index (κ2) is 6.89. The predicted octanol–water partition coefficient (Wildman–Crippen LogP) is 0.926. The smallest absolute Gasteiger partial charge is 0.258 e. The first-order valence-electron chi connectivity index (χ1n) is 4.92. The first-order chi connectivity index (χ1) is 8.17. The van der Waals surface area contributed by atoms with Gasteiger partial charge in [-0.3, -0.25) is 4.79 Å². The molecule has 17 heavy (non-hydrogen) atoms. The average molecular weight is 298 g/mol. The van der Waals surface area contributed by atoms with Crippen LogP contribution in [-0.2, 0) is 11.3 Å². The van der Waals surface area contributed by atoms with Crippen LogP contribution in [0.3, 0.4) is 0 Å². The zero-order valence-electron chi connectivity index (χ0n) is 9.07. The molecule has 0 bridgehead atoms. The van der Waals surface area contributed by atoms with Gasteiger partial charge < -0.3 is 15.8 Å². The summed E-state index contributed by atoms with van der Waals surface area (Å²) in [4.78, 5) is 11.2. The molecule has 90 valence electrons. The van der Waals surface area contributed by atoms with E-state index in [9.17, 15) is 4.79 Å². The molecule has 6 heteroatoms. The van der Waals surface area contributed by atoms with Crippen LogP contribution in [0.5, 0.6) is 5.75 Å². The van der Waals surface area contributed by atoms with Crippen molar-refractivity contribution in [3.8, 4) is 11.8 Å². The molecular formula is C11H12BrN3O2. The molecule has 0 spiro atoms. The molecule has 1 aromatic carbocycles. The molecule has 0 radical (unpaired) electrons. The fourth-order valence-corrected chi connectivity index (χ4v) is 1.66. The van der Waals surface area contributed by atoms with Crippen LogP contribution >= 0.6 is 15.9 Å². The number of hydrogen-bond acceptors (Lipinski definition) is 4. The summed E-state index contributed by atoms with van der Waals surface area (Å²) in [7, 11) is 0. The first-order valence-corrected chi connectivity index (χ1v) is 5.71. The molecule has 0 aliphatic carbocycles. The summed E-state index contributed by atoms with van der Waals surface area (Å²) in [6.07, 6.45) is 0. The van der Waals surface area contributed by atoms with Gasteiger partial charge in [0.25, 0.3) is 5.91 Å². The maximum absolute atomic E-state index is 11.2. The van der Waals surface area contributed by atoms with Crippen molar-refractivity contribution in [2.75, 3.05) is 13.2 Å². The van der Waals surface area contributed by atoms with Gasteiger partial charge in [-0.2, -0.15) is 5.26 Å². The summed E-state index contributed by atoms with van der Waals surface area (Å²) < 4.78 is 6.03. The number of halogens is 1. The van der Waals surface area contributed by atoms with Crippen LogP contribution in [0, 0.1) is 11.3 Å². The normalized spacial score (nSPS) is 9.47. The first kappa shape index (κ1) is 13.5. The van der Waals surface area contributed by atoms with E-state index in [4.69, 9.17) is 15.7 Å². The summed E-state index contributed by atoms with van der Waals surface area (Å²) in [5, 5.41) is 10.7. The Balaban J connectivity index is 2.52. The molecule has 0 aliphatic heterocycles. The van der Waals surface area contributed by atoms with Crippen LogP contribution in [0.2, 0.25) is 0 Å². The lowest BCUT2D eigenvalue weighted by Crippen LogP contribution is -2.29. The molecule has 1 aromatic rings. The quantitative estimate of drug-likeness (QED) is 0.791. The number of amides is 1. The highest BCUT2D eigenvalue weighted by Crippen LogP contribution is 2.25. The Kier molecular flexibility index (Phi) is 5.46. The highest BCUT2D eigenvalue weighted by atomic mass is 79.9. The van der Waals surface area contributed by atoms with Crippen LogP contribution in [0.15, 0.2) is 22.7 Å². The number of nitriles is 1. The maximum atomic E-state index is 11.2. The number of nitrogens with one attached hydrogen (secondary N) is 1. The molecular weight excluding hydrogens is 286 g/mol. The van der Waals surface area contributed by atoms with Crippen LogP contribution in [0.4, 0.5) is 0 Å². The van der Waals surface area contributed by atoms with Crippen molar-refractivity contribution in [2.45, 2.75) is 6.54 Å². The number of benzene rings is 1. The van der Waals surface area contributed by atoms with E-state index in [0.717, 1.165) is 10.0 Å². The molecule has 5 nitrogen and oxygen atoms in total. The largest absolute Gasteiger partial charge is 0.483 e. The lowest BCUT2D eigenvalue weighted by atomic mass is 10.2. The van der Waals surface area contributed by atoms with Gasteiger partial charge in [-0.15, -0.1) is 0 Å². The molecule has 3 N–H and O–H groups in total. The Bertz CT molecular complexity index is 443. The Labute approximate surface area is 108 Å². The van der Waals surface area contributed by atoms with E-state index in [2.05, 4.69) is 21.2 Å². The van der Waals surface area contributed by atoms with Crippen LogP contribution < -0.4 is 15.8 Å². The van der Waals surface area contributed by atoms with E-state index in [0.29, 0.717) is 12.3 Å². The molecule has 0 aliphatic rings. The Morgan fingerprint density at radius 2 is 2.35 bits per heavy atom. The van der Waals surface area contributed by atoms with Crippen molar-refractivity contribution in [1.29, 1.82) is 5.26 Å². The van der Waals surface area contributed by atoms with Crippen molar-refractivity contribution in [1.82, 2.24) is 5.32 Å². The molecule has 0 aromatic heterocycles. The summed E-state index contributed by atoms with van der Waals surface area (Å²) in [6.45, 7) is 0.305. The van der Waals surface area contributed by atoms with E-state index in [1.807, 2.05) is 18.2 Å². The van der Waals surface area contributed by atoms with Crippen LogP contribution in [-0.4, -0.2) is 19.1 Å². The van der Waals surface area contributed by atoms with E-state index in [-0.39, 0.29) is 19.1 Å². The van der Waals surface area contributed by atoms with E-state index in [1.54, 1.807) is 6.07 Å². The number of hydrogen-bond donors (Lipinski definition) is 2. The fraction of sp³-hybridized carbons (Fsp3) is 0.273. The summed E-state index contributed by atoms with van der Waals surface area (Å²) in [6, 6.07) is 7.22. The van der Waals surface area contributed by atoms with Crippen molar-refractivity contribution in [2.24, 2.45) is 5.73 Å². The summed E-state index contributed by atoms with van der Waals surface area (Å²) >= 11 is 3.33. The Hall–Kier alpha value is -1.58. The zero-order chi connectivity index (χ0) is 12.7. The molecule has 1 amide bonds. The van der Waals surface area contributed by atoms with Crippen molar-refractivity contribution in [3.05, 3.63) is 28.2 Å². The van der Waals surface area contributed by atoms with Gasteiger partial charge >= 0.3 is 0 Å². The number of nitrogens with two attached hydrogens (primary N) is 1. The molecule has 0 saturated heterocycles. The van der Waals surface area contributed by atoms with Crippen molar-refractivity contribution < 1.29 is 9.53 Å². The minimum absolute atomic E-state index is 0.0184. The average Bonchev–Trinajstić information content (AvgIpc) is 2.34. The van der Waals surface area contributed by atoms with E-state index < -0.39 is 0 Å². The number of ether oxygens (including phenoxy) is 1. The maximum Gasteiger partial charge on any atom is 0.258 e. The molecule has 0 fully saturated rings. The van der Waals surface area contributed by atoms with Gasteiger partial charge in [0.1, 0.15) is 12.3 Å². The highest BCUT2D eigenvalue weighted by molar-refractivity contribution is 9.10. The minimum Gasteiger partial charge on any atom is -0.483 e. The van der Waals surface area contributed by atoms with Gasteiger partial charge in [-0.05, 0) is 33.6 Å². The minimum atomic E-state index is -0.332. The number of rotatable bonds is 5. The van der Waals surface area contributed by atoms with E-state index >= 15 is 0 Å². The summed E-state index contributed by atoms with van der Waals surface area (Å²) in [5.74, 6) is 0.232. The Morgan fingerprint density at radius 3 is 2.94 bits per heavy atom. The standard InChI is InChI=1S/C11H12BrN3O2/c12-9-5-8(6-14)1-2-10(9)17-7-11(16)15-4-3-13/h1-2,5H,4,6-7,14H2,(H,15,16). The van der Waals surface area contributed by atoms with Gasteiger partial charge in [0.2, 0.25) is 0 Å². The monoisotopic (exact) mass is 297 g/mol. The third-order valence-electron chi connectivity index (χ3n) is 1.96. The van der Waals surface area contributed by atoms with Gasteiger partial charge in [-0.1, -0.05) is 6.07 Å². The van der Waals surface area contributed by atoms with Gasteiger partial charge in [0.15, 0.2) is 6.61 Å². The lowest BCUT2D eigenvalue weighted by Gasteiger charge is -2.08. The SMILES string of the molecule is N#CCNC(=O)COc1ccc(CN)cc1Br. The fourth-order valence-electron chi connectivity index (χ4n) is 1.12.